The molecule has 0 amide bonds. The molecule has 0 saturated heterocycles. The lowest BCUT2D eigenvalue weighted by Gasteiger charge is -1.91. The Kier molecular flexibility index (Phi) is 2.67. The number of oxazole rings is 1. The van der Waals surface area contributed by atoms with Gasteiger partial charge in [-0.15, -0.1) is 0 Å². The van der Waals surface area contributed by atoms with Gasteiger partial charge in [-0.1, -0.05) is 0 Å². The van der Waals surface area contributed by atoms with Gasteiger partial charge in [-0.05, 0) is 19.1 Å². The molecule has 2 aromatic rings. The van der Waals surface area contributed by atoms with Crippen molar-refractivity contribution in [3.05, 3.63) is 42.0 Å². The molecule has 0 aliphatic rings. The maximum Gasteiger partial charge on any atom is 0.201 e. The maximum absolute atomic E-state index is 10.8. The molecule has 0 radical (unpaired) electrons. The van der Waals surface area contributed by atoms with Gasteiger partial charge in [-0.3, -0.25) is 4.79 Å². The molecular weight excluding hydrogens is 194 g/mol. The molecule has 0 aliphatic heterocycles. The Morgan fingerprint density at radius 2 is 2.33 bits per heavy atom. The highest BCUT2D eigenvalue weighted by Gasteiger charge is 2.07. The van der Waals surface area contributed by atoms with Crippen LogP contribution in [0.3, 0.4) is 0 Å². The first-order chi connectivity index (χ1) is 7.24. The minimum Gasteiger partial charge on any atom is -0.469 e. The Balaban J connectivity index is 2.04. The molecule has 4 nitrogen and oxygen atoms in total. The molecule has 2 rings (SSSR count). The molecular formula is C11H11NO3. The summed E-state index contributed by atoms with van der Waals surface area (Å²) in [5, 5.41) is 0. The summed E-state index contributed by atoms with van der Waals surface area (Å²) in [5.74, 6) is 2.03. The molecule has 0 unspecified atom stereocenters. The Morgan fingerprint density at radius 3 is 3.00 bits per heavy atom. The van der Waals surface area contributed by atoms with E-state index in [0.29, 0.717) is 24.5 Å². The summed E-state index contributed by atoms with van der Waals surface area (Å²) in [5.41, 5.74) is 0. The number of nitrogens with zero attached hydrogens (tertiary/aromatic N) is 1. The van der Waals surface area contributed by atoms with Gasteiger partial charge in [0.2, 0.25) is 5.89 Å². The summed E-state index contributed by atoms with van der Waals surface area (Å²) >= 11 is 0. The highest BCUT2D eigenvalue weighted by molar-refractivity contribution is 5.77. The van der Waals surface area contributed by atoms with Gasteiger partial charge in [0.25, 0.3) is 0 Å². The van der Waals surface area contributed by atoms with E-state index in [1.54, 1.807) is 12.5 Å². The number of hydrogen-bond donors (Lipinski definition) is 0. The third kappa shape index (κ3) is 2.56. The van der Waals surface area contributed by atoms with E-state index < -0.39 is 0 Å². The minimum absolute atomic E-state index is 0.0655. The molecule has 2 aromatic heterocycles. The van der Waals surface area contributed by atoms with Crippen LogP contribution in [0.5, 0.6) is 0 Å². The number of hydrogen-bond acceptors (Lipinski definition) is 4. The van der Waals surface area contributed by atoms with E-state index in [-0.39, 0.29) is 5.78 Å². The fourth-order valence-electron chi connectivity index (χ4n) is 1.32. The number of carbonyl (C=O) groups excluding carboxylic acids is 1. The van der Waals surface area contributed by atoms with Crippen molar-refractivity contribution in [2.45, 2.75) is 19.8 Å². The van der Waals surface area contributed by atoms with Crippen LogP contribution in [0.1, 0.15) is 24.3 Å². The monoisotopic (exact) mass is 205 g/mol. The second-order valence-corrected chi connectivity index (χ2v) is 3.36. The smallest absolute Gasteiger partial charge is 0.201 e. The van der Waals surface area contributed by atoms with Crippen LogP contribution in [0.25, 0.3) is 0 Å². The van der Waals surface area contributed by atoms with Gasteiger partial charge in [0.1, 0.15) is 17.3 Å². The second kappa shape index (κ2) is 4.13. The number of rotatable bonds is 4. The van der Waals surface area contributed by atoms with Gasteiger partial charge in [-0.2, -0.15) is 0 Å². The molecule has 0 aromatic carbocycles. The minimum atomic E-state index is 0.0655. The van der Waals surface area contributed by atoms with Gasteiger partial charge >= 0.3 is 0 Å². The Labute approximate surface area is 86.9 Å². The third-order valence-corrected chi connectivity index (χ3v) is 1.93. The van der Waals surface area contributed by atoms with E-state index >= 15 is 0 Å². The lowest BCUT2D eigenvalue weighted by atomic mass is 10.3. The molecule has 0 bridgehead atoms. The number of carbonyl (C=O) groups is 1. The molecule has 0 spiro atoms. The van der Waals surface area contributed by atoms with E-state index in [1.165, 1.54) is 6.92 Å². The molecule has 78 valence electrons. The molecule has 15 heavy (non-hydrogen) atoms. The van der Waals surface area contributed by atoms with Crippen LogP contribution in [-0.2, 0) is 17.6 Å². The summed E-state index contributed by atoms with van der Waals surface area (Å²) in [6.45, 7) is 1.52. The predicted octanol–water partition coefficient (Wildman–Crippen LogP) is 1.99. The summed E-state index contributed by atoms with van der Waals surface area (Å²) in [7, 11) is 0. The standard InChI is InChI=1S/C11H11NO3/c1-8(13)5-10-7-12-11(15-10)6-9-3-2-4-14-9/h2-4,7H,5-6H2,1H3. The fourth-order valence-corrected chi connectivity index (χ4v) is 1.32. The van der Waals surface area contributed by atoms with Crippen LogP contribution in [-0.4, -0.2) is 10.8 Å². The Morgan fingerprint density at radius 1 is 1.47 bits per heavy atom. The molecule has 0 aliphatic carbocycles. The zero-order valence-corrected chi connectivity index (χ0v) is 8.40. The van der Waals surface area contributed by atoms with E-state index in [4.69, 9.17) is 8.83 Å². The van der Waals surface area contributed by atoms with Gasteiger partial charge in [0.05, 0.1) is 25.3 Å². The van der Waals surface area contributed by atoms with Crippen LogP contribution < -0.4 is 0 Å². The van der Waals surface area contributed by atoms with Gasteiger partial charge in [-0.25, -0.2) is 4.98 Å². The lowest BCUT2D eigenvalue weighted by Crippen LogP contribution is -1.93. The average Bonchev–Trinajstić information content (AvgIpc) is 2.77. The normalized spacial score (nSPS) is 10.5. The highest BCUT2D eigenvalue weighted by atomic mass is 16.4. The van der Waals surface area contributed by atoms with Crippen molar-refractivity contribution in [3.8, 4) is 0 Å². The van der Waals surface area contributed by atoms with E-state index in [9.17, 15) is 4.79 Å². The van der Waals surface area contributed by atoms with Crippen LogP contribution in [0.15, 0.2) is 33.4 Å². The summed E-state index contributed by atoms with van der Waals surface area (Å²) in [6.07, 6.45) is 4.00. The average molecular weight is 205 g/mol. The first-order valence-corrected chi connectivity index (χ1v) is 4.69. The van der Waals surface area contributed by atoms with Crippen molar-refractivity contribution in [3.63, 3.8) is 0 Å². The Bertz CT molecular complexity index is 442. The third-order valence-electron chi connectivity index (χ3n) is 1.93. The Hall–Kier alpha value is -1.84. The summed E-state index contributed by atoms with van der Waals surface area (Å²) < 4.78 is 10.5. The van der Waals surface area contributed by atoms with Crippen LogP contribution in [0.2, 0.25) is 0 Å². The summed E-state index contributed by atoms with van der Waals surface area (Å²) in [6, 6.07) is 3.67. The van der Waals surface area contributed by atoms with Crippen LogP contribution in [0, 0.1) is 0 Å². The second-order valence-electron chi connectivity index (χ2n) is 3.36. The SMILES string of the molecule is CC(=O)Cc1cnc(Cc2ccco2)o1. The first-order valence-electron chi connectivity index (χ1n) is 4.69. The number of Topliss-reactive ketones (excluding diaryl/α,β-unsaturated/α-hetero) is 1. The largest absolute Gasteiger partial charge is 0.469 e. The molecule has 0 fully saturated rings. The number of aromatic nitrogens is 1. The van der Waals surface area contributed by atoms with Crippen molar-refractivity contribution in [2.24, 2.45) is 0 Å². The van der Waals surface area contributed by atoms with Crippen molar-refractivity contribution < 1.29 is 13.6 Å². The topological polar surface area (TPSA) is 56.2 Å². The molecule has 0 atom stereocenters. The van der Waals surface area contributed by atoms with E-state index in [2.05, 4.69) is 4.98 Å². The number of furan rings is 1. The van der Waals surface area contributed by atoms with Crippen molar-refractivity contribution in [1.82, 2.24) is 4.98 Å². The van der Waals surface area contributed by atoms with E-state index in [0.717, 1.165) is 5.76 Å². The molecule has 0 N–H and O–H groups in total. The lowest BCUT2D eigenvalue weighted by molar-refractivity contribution is -0.116. The predicted molar refractivity (Wildman–Crippen MR) is 52.4 cm³/mol. The quantitative estimate of drug-likeness (QED) is 0.765. The van der Waals surface area contributed by atoms with Crippen molar-refractivity contribution in [2.75, 3.05) is 0 Å². The zero-order valence-electron chi connectivity index (χ0n) is 8.40. The van der Waals surface area contributed by atoms with Crippen molar-refractivity contribution in [1.29, 1.82) is 0 Å². The zero-order chi connectivity index (χ0) is 10.7. The highest BCUT2D eigenvalue weighted by Crippen LogP contribution is 2.11. The van der Waals surface area contributed by atoms with E-state index in [1.807, 2.05) is 12.1 Å². The van der Waals surface area contributed by atoms with Crippen LogP contribution >= 0.6 is 0 Å². The molecule has 2 heterocycles. The molecule has 0 saturated carbocycles. The first kappa shape index (κ1) is 9.71. The van der Waals surface area contributed by atoms with Crippen LogP contribution in [0.4, 0.5) is 0 Å². The fraction of sp³-hybridized carbons (Fsp3) is 0.273. The maximum atomic E-state index is 10.8. The van der Waals surface area contributed by atoms with Gasteiger partial charge < -0.3 is 8.83 Å². The number of ketones is 1. The van der Waals surface area contributed by atoms with Gasteiger partial charge in [0, 0.05) is 0 Å². The summed E-state index contributed by atoms with van der Waals surface area (Å²) in [4.78, 5) is 14.9. The molecule has 4 heteroatoms. The van der Waals surface area contributed by atoms with Crippen molar-refractivity contribution >= 4 is 5.78 Å². The van der Waals surface area contributed by atoms with Gasteiger partial charge in [0.15, 0.2) is 0 Å².